The van der Waals surface area contributed by atoms with Crippen molar-refractivity contribution in [2.75, 3.05) is 37.2 Å². The first kappa shape index (κ1) is 15.7. The third-order valence-corrected chi connectivity index (χ3v) is 3.80. The lowest BCUT2D eigenvalue weighted by molar-refractivity contribution is 0.316. The van der Waals surface area contributed by atoms with Gasteiger partial charge in [0.1, 0.15) is 0 Å². The quantitative estimate of drug-likeness (QED) is 0.639. The molecule has 7 heteroatoms. The molecule has 0 saturated heterocycles. The minimum Gasteiger partial charge on any atom is -0.399 e. The maximum absolute atomic E-state index is 11.3. The van der Waals surface area contributed by atoms with Gasteiger partial charge in [0.15, 0.2) is 0 Å². The van der Waals surface area contributed by atoms with E-state index in [1.165, 1.54) is 12.1 Å². The number of nitrogen functional groups attached to an aromatic ring is 1. The molecule has 0 fully saturated rings. The normalized spacial score (nSPS) is 11.8. The summed E-state index contributed by atoms with van der Waals surface area (Å²) in [5.41, 5.74) is 6.70. The van der Waals surface area contributed by atoms with Crippen molar-refractivity contribution in [1.29, 1.82) is 0 Å². The monoisotopic (exact) mass is 286 g/mol. The minimum atomic E-state index is -3.73. The first-order valence-corrected chi connectivity index (χ1v) is 7.81. The van der Waals surface area contributed by atoms with Crippen LogP contribution < -0.4 is 16.2 Å². The van der Waals surface area contributed by atoms with Crippen molar-refractivity contribution in [3.63, 3.8) is 0 Å². The van der Waals surface area contributed by atoms with Crippen molar-refractivity contribution in [3.8, 4) is 0 Å². The molecule has 0 saturated carbocycles. The summed E-state index contributed by atoms with van der Waals surface area (Å²) < 4.78 is 22.6. The maximum atomic E-state index is 11.3. The average Bonchev–Trinajstić information content (AvgIpc) is 2.33. The van der Waals surface area contributed by atoms with Gasteiger partial charge in [0, 0.05) is 24.5 Å². The summed E-state index contributed by atoms with van der Waals surface area (Å²) in [4.78, 5) is 2.29. The Labute approximate surface area is 114 Å². The van der Waals surface area contributed by atoms with Gasteiger partial charge in [-0.2, -0.15) is 0 Å². The third kappa shape index (κ3) is 5.06. The van der Waals surface area contributed by atoms with Crippen LogP contribution in [0.15, 0.2) is 23.1 Å². The highest BCUT2D eigenvalue weighted by molar-refractivity contribution is 7.89. The van der Waals surface area contributed by atoms with Crippen LogP contribution in [0.25, 0.3) is 0 Å². The van der Waals surface area contributed by atoms with E-state index in [1.54, 1.807) is 6.07 Å². The zero-order valence-electron chi connectivity index (χ0n) is 11.4. The highest BCUT2D eigenvalue weighted by Crippen LogP contribution is 2.19. The van der Waals surface area contributed by atoms with Gasteiger partial charge in [-0.1, -0.05) is 13.8 Å². The summed E-state index contributed by atoms with van der Waals surface area (Å²) in [7, 11) is -3.73. The maximum Gasteiger partial charge on any atom is 0.238 e. The summed E-state index contributed by atoms with van der Waals surface area (Å²) in [5.74, 6) is 0. The van der Waals surface area contributed by atoms with Crippen molar-refractivity contribution >= 4 is 21.4 Å². The molecule has 6 nitrogen and oxygen atoms in total. The summed E-state index contributed by atoms with van der Waals surface area (Å²) in [6, 6.07) is 4.54. The largest absolute Gasteiger partial charge is 0.399 e. The molecule has 0 radical (unpaired) electrons. The molecule has 1 aromatic rings. The molecule has 5 N–H and O–H groups in total. The Morgan fingerprint density at radius 3 is 2.37 bits per heavy atom. The van der Waals surface area contributed by atoms with Gasteiger partial charge in [0.2, 0.25) is 10.0 Å². The van der Waals surface area contributed by atoms with Crippen LogP contribution in [0.2, 0.25) is 0 Å². The summed E-state index contributed by atoms with van der Waals surface area (Å²) >= 11 is 0. The summed E-state index contributed by atoms with van der Waals surface area (Å²) in [6.45, 7) is 7.77. The van der Waals surface area contributed by atoms with Gasteiger partial charge in [0.05, 0.1) is 4.90 Å². The van der Waals surface area contributed by atoms with Crippen LogP contribution in [-0.2, 0) is 10.0 Å². The van der Waals surface area contributed by atoms with Crippen LogP contribution in [0.5, 0.6) is 0 Å². The van der Waals surface area contributed by atoms with Gasteiger partial charge in [-0.05, 0) is 31.3 Å². The second-order valence-corrected chi connectivity index (χ2v) is 5.85. The fourth-order valence-electron chi connectivity index (χ4n) is 1.79. The lowest BCUT2D eigenvalue weighted by Gasteiger charge is -2.18. The smallest absolute Gasteiger partial charge is 0.238 e. The van der Waals surface area contributed by atoms with Crippen LogP contribution in [0.1, 0.15) is 13.8 Å². The van der Waals surface area contributed by atoms with Crippen molar-refractivity contribution in [1.82, 2.24) is 4.90 Å². The Morgan fingerprint density at radius 1 is 1.21 bits per heavy atom. The van der Waals surface area contributed by atoms with Gasteiger partial charge >= 0.3 is 0 Å². The fourth-order valence-corrected chi connectivity index (χ4v) is 2.38. The fraction of sp³-hybridized carbons (Fsp3) is 0.500. The first-order chi connectivity index (χ1) is 8.86. The molecule has 0 atom stereocenters. The number of nitrogens with zero attached hydrogens (tertiary/aromatic N) is 1. The zero-order chi connectivity index (χ0) is 14.5. The lowest BCUT2D eigenvalue weighted by atomic mass is 10.3. The predicted octanol–water partition coefficient (Wildman–Crippen LogP) is 0.670. The van der Waals surface area contributed by atoms with Crippen molar-refractivity contribution < 1.29 is 8.42 Å². The molecule has 0 aromatic heterocycles. The van der Waals surface area contributed by atoms with Crippen LogP contribution in [0.4, 0.5) is 11.4 Å². The number of sulfonamides is 1. The van der Waals surface area contributed by atoms with Gasteiger partial charge in [0.25, 0.3) is 0 Å². The number of nitrogens with one attached hydrogen (secondary N) is 1. The van der Waals surface area contributed by atoms with Gasteiger partial charge in [-0.15, -0.1) is 0 Å². The van der Waals surface area contributed by atoms with Crippen molar-refractivity contribution in [3.05, 3.63) is 18.2 Å². The van der Waals surface area contributed by atoms with Crippen LogP contribution >= 0.6 is 0 Å². The molecule has 0 aliphatic heterocycles. The molecular formula is C12H22N4O2S. The molecule has 0 aliphatic rings. The van der Waals surface area contributed by atoms with E-state index in [2.05, 4.69) is 24.1 Å². The summed E-state index contributed by atoms with van der Waals surface area (Å²) in [5, 5.41) is 8.25. The number of nitrogens with two attached hydrogens (primary N) is 2. The van der Waals surface area contributed by atoms with E-state index < -0.39 is 10.0 Å². The number of anilines is 2. The predicted molar refractivity (Wildman–Crippen MR) is 78.5 cm³/mol. The SMILES string of the molecule is CCN(CC)CCNc1cc(N)cc(S(N)(=O)=O)c1. The number of primary sulfonamides is 1. The Hall–Kier alpha value is -1.31. The first-order valence-electron chi connectivity index (χ1n) is 6.26. The highest BCUT2D eigenvalue weighted by atomic mass is 32.2. The molecule has 0 heterocycles. The van der Waals surface area contributed by atoms with E-state index >= 15 is 0 Å². The van der Waals surface area contributed by atoms with Crippen molar-refractivity contribution in [2.45, 2.75) is 18.7 Å². The molecule has 0 amide bonds. The standard InChI is InChI=1S/C12H22N4O2S/c1-3-16(4-2)6-5-15-11-7-10(13)8-12(9-11)19(14,17)18/h7-9,15H,3-6,13H2,1-2H3,(H2,14,17,18). The van der Waals surface area contributed by atoms with E-state index in [4.69, 9.17) is 10.9 Å². The molecule has 0 bridgehead atoms. The Bertz CT molecular complexity index is 512. The van der Waals surface area contributed by atoms with Gasteiger partial charge in [-0.25, -0.2) is 13.6 Å². The molecule has 108 valence electrons. The summed E-state index contributed by atoms with van der Waals surface area (Å²) in [6.07, 6.45) is 0. The van der Waals surface area contributed by atoms with Crippen molar-refractivity contribution in [2.24, 2.45) is 5.14 Å². The number of hydrogen-bond acceptors (Lipinski definition) is 5. The highest BCUT2D eigenvalue weighted by Gasteiger charge is 2.09. The molecular weight excluding hydrogens is 264 g/mol. The molecule has 1 rings (SSSR count). The second-order valence-electron chi connectivity index (χ2n) is 4.29. The van der Waals surface area contributed by atoms with Crippen LogP contribution in [0, 0.1) is 0 Å². The molecule has 0 spiro atoms. The average molecular weight is 286 g/mol. The molecule has 0 aliphatic carbocycles. The number of hydrogen-bond donors (Lipinski definition) is 3. The van der Waals surface area contributed by atoms with E-state index in [0.29, 0.717) is 11.4 Å². The minimum absolute atomic E-state index is 0.0258. The van der Waals surface area contributed by atoms with E-state index in [0.717, 1.165) is 26.2 Å². The molecule has 0 unspecified atom stereocenters. The molecule has 19 heavy (non-hydrogen) atoms. The third-order valence-electron chi connectivity index (χ3n) is 2.91. The van der Waals surface area contributed by atoms with Crippen LogP contribution in [0.3, 0.4) is 0 Å². The van der Waals surface area contributed by atoms with E-state index in [9.17, 15) is 8.42 Å². The number of likely N-dealkylation sites (N-methyl/N-ethyl adjacent to an activating group) is 1. The number of benzene rings is 1. The van der Waals surface area contributed by atoms with E-state index in [-0.39, 0.29) is 4.90 Å². The second kappa shape index (κ2) is 6.74. The Balaban J connectivity index is 2.72. The lowest BCUT2D eigenvalue weighted by Crippen LogP contribution is -2.28. The zero-order valence-corrected chi connectivity index (χ0v) is 12.2. The molecule has 1 aromatic carbocycles. The Morgan fingerprint density at radius 2 is 1.84 bits per heavy atom. The topological polar surface area (TPSA) is 101 Å². The van der Waals surface area contributed by atoms with E-state index in [1.807, 2.05) is 0 Å². The van der Waals surface area contributed by atoms with Gasteiger partial charge in [-0.3, -0.25) is 0 Å². The number of rotatable bonds is 7. The van der Waals surface area contributed by atoms with Gasteiger partial charge < -0.3 is 16.0 Å². The van der Waals surface area contributed by atoms with Crippen LogP contribution in [-0.4, -0.2) is 39.5 Å². The Kier molecular flexibility index (Phi) is 5.59.